The third-order valence-electron chi connectivity index (χ3n) is 2.70. The quantitative estimate of drug-likeness (QED) is 0.634. The molecule has 0 aliphatic heterocycles. The molecule has 0 aliphatic carbocycles. The second-order valence-electron chi connectivity index (χ2n) is 3.99. The van der Waals surface area contributed by atoms with Gasteiger partial charge in [0.2, 0.25) is 5.88 Å². The van der Waals surface area contributed by atoms with Crippen molar-refractivity contribution >= 4 is 34.0 Å². The highest BCUT2D eigenvalue weighted by Gasteiger charge is 2.11. The van der Waals surface area contributed by atoms with Crippen molar-refractivity contribution in [2.45, 2.75) is 0 Å². The van der Waals surface area contributed by atoms with Crippen molar-refractivity contribution in [2.24, 2.45) is 0 Å². The number of hydrogen-bond donors (Lipinski definition) is 0. The molecule has 0 amide bonds. The van der Waals surface area contributed by atoms with Crippen LogP contribution in [0.25, 0.3) is 10.8 Å². The van der Waals surface area contributed by atoms with E-state index in [4.69, 9.17) is 27.9 Å². The zero-order chi connectivity index (χ0) is 14.1. The van der Waals surface area contributed by atoms with Crippen LogP contribution in [0.3, 0.4) is 0 Å². The van der Waals surface area contributed by atoms with E-state index < -0.39 is 5.82 Å². The molecule has 3 rings (SSSR count). The van der Waals surface area contributed by atoms with Crippen LogP contribution in [0.5, 0.6) is 11.6 Å². The Morgan fingerprint density at radius 2 is 1.75 bits per heavy atom. The van der Waals surface area contributed by atoms with E-state index >= 15 is 0 Å². The fourth-order valence-corrected chi connectivity index (χ4v) is 2.24. The molecule has 0 spiro atoms. The Labute approximate surface area is 123 Å². The van der Waals surface area contributed by atoms with E-state index in [-0.39, 0.29) is 16.1 Å². The lowest BCUT2D eigenvalue weighted by Crippen LogP contribution is -1.92. The maximum absolute atomic E-state index is 13.0. The average molecular weight is 309 g/mol. The second-order valence-corrected chi connectivity index (χ2v) is 4.76. The highest BCUT2D eigenvalue weighted by molar-refractivity contribution is 6.34. The number of ether oxygens (including phenoxy) is 1. The van der Waals surface area contributed by atoms with Crippen molar-refractivity contribution in [2.75, 3.05) is 0 Å². The topological polar surface area (TPSA) is 35.0 Å². The van der Waals surface area contributed by atoms with Crippen molar-refractivity contribution in [1.29, 1.82) is 0 Å². The Bertz CT molecular complexity index is 790. The van der Waals surface area contributed by atoms with Gasteiger partial charge in [0, 0.05) is 12.4 Å². The fraction of sp³-hybridized carbons (Fsp3) is 0. The van der Waals surface area contributed by atoms with Crippen LogP contribution in [0, 0.1) is 5.82 Å². The maximum atomic E-state index is 13.0. The van der Waals surface area contributed by atoms with Crippen molar-refractivity contribution < 1.29 is 9.13 Å². The van der Waals surface area contributed by atoms with Crippen LogP contribution < -0.4 is 4.74 Å². The van der Waals surface area contributed by atoms with Crippen LogP contribution in [-0.2, 0) is 0 Å². The number of aromatic nitrogens is 2. The van der Waals surface area contributed by atoms with Gasteiger partial charge in [-0.1, -0.05) is 23.2 Å². The summed E-state index contributed by atoms with van der Waals surface area (Å²) in [5.41, 5.74) is 0. The molecule has 0 atom stereocenters. The predicted molar refractivity (Wildman–Crippen MR) is 76.0 cm³/mol. The Kier molecular flexibility index (Phi) is 3.42. The van der Waals surface area contributed by atoms with Crippen molar-refractivity contribution in [3.8, 4) is 11.6 Å². The molecule has 0 N–H and O–H groups in total. The summed E-state index contributed by atoms with van der Waals surface area (Å²) < 4.78 is 18.6. The fourth-order valence-electron chi connectivity index (χ4n) is 1.79. The molecule has 6 heteroatoms. The second kappa shape index (κ2) is 5.23. The highest BCUT2D eigenvalue weighted by atomic mass is 35.5. The van der Waals surface area contributed by atoms with Crippen LogP contribution in [0.2, 0.25) is 10.2 Å². The summed E-state index contributed by atoms with van der Waals surface area (Å²) in [7, 11) is 0. The van der Waals surface area contributed by atoms with Gasteiger partial charge < -0.3 is 4.74 Å². The molecular weight excluding hydrogens is 302 g/mol. The minimum Gasteiger partial charge on any atom is -0.437 e. The predicted octanol–water partition coefficient (Wildman–Crippen LogP) is 4.87. The number of fused-ring (bicyclic) bond motifs is 1. The normalized spacial score (nSPS) is 10.8. The van der Waals surface area contributed by atoms with Gasteiger partial charge in [0.25, 0.3) is 0 Å². The van der Waals surface area contributed by atoms with E-state index in [9.17, 15) is 4.39 Å². The summed E-state index contributed by atoms with van der Waals surface area (Å²) in [6.45, 7) is 0. The summed E-state index contributed by atoms with van der Waals surface area (Å²) in [6.07, 6.45) is 3.19. The summed E-state index contributed by atoms with van der Waals surface area (Å²) in [4.78, 5) is 8.13. The largest absolute Gasteiger partial charge is 0.437 e. The minimum atomic E-state index is -0.437. The number of halogens is 3. The van der Waals surface area contributed by atoms with Gasteiger partial charge in [-0.2, -0.15) is 0 Å². The zero-order valence-electron chi connectivity index (χ0n) is 9.98. The zero-order valence-corrected chi connectivity index (χ0v) is 11.5. The Morgan fingerprint density at radius 1 is 1.00 bits per heavy atom. The van der Waals surface area contributed by atoms with Crippen LogP contribution >= 0.6 is 23.2 Å². The molecule has 1 aromatic carbocycles. The standard InChI is InChI=1S/C14H7Cl2FN2O/c15-10-7-9(17)1-2-11(10)20-14-12-8(4-6-19-14)3-5-18-13(12)16/h1-7H. The SMILES string of the molecule is Fc1ccc(Oc2nccc3ccnc(Cl)c23)c(Cl)c1. The van der Waals surface area contributed by atoms with Gasteiger partial charge in [-0.25, -0.2) is 14.4 Å². The average Bonchev–Trinajstić information content (AvgIpc) is 2.42. The number of benzene rings is 1. The summed E-state index contributed by atoms with van der Waals surface area (Å²) >= 11 is 12.0. The molecule has 3 nitrogen and oxygen atoms in total. The van der Waals surface area contributed by atoms with Crippen LogP contribution in [-0.4, -0.2) is 9.97 Å². The van der Waals surface area contributed by atoms with E-state index in [1.54, 1.807) is 24.5 Å². The molecule has 0 saturated heterocycles. The molecule has 0 bridgehead atoms. The van der Waals surface area contributed by atoms with E-state index in [1.165, 1.54) is 18.2 Å². The molecule has 0 saturated carbocycles. The molecule has 20 heavy (non-hydrogen) atoms. The lowest BCUT2D eigenvalue weighted by atomic mass is 10.2. The van der Waals surface area contributed by atoms with E-state index in [2.05, 4.69) is 9.97 Å². The van der Waals surface area contributed by atoms with E-state index in [0.717, 1.165) is 5.39 Å². The van der Waals surface area contributed by atoms with Crippen molar-refractivity contribution in [3.05, 3.63) is 58.7 Å². The van der Waals surface area contributed by atoms with Gasteiger partial charge in [0.15, 0.2) is 0 Å². The minimum absolute atomic E-state index is 0.156. The number of pyridine rings is 2. The Morgan fingerprint density at radius 3 is 2.50 bits per heavy atom. The first kappa shape index (κ1) is 13.1. The van der Waals surface area contributed by atoms with Crippen molar-refractivity contribution in [3.63, 3.8) is 0 Å². The molecule has 2 aromatic heterocycles. The Balaban J connectivity index is 2.11. The van der Waals surface area contributed by atoms with Gasteiger partial charge in [-0.3, -0.25) is 0 Å². The van der Waals surface area contributed by atoms with Gasteiger partial charge in [-0.05, 0) is 35.7 Å². The monoisotopic (exact) mass is 308 g/mol. The maximum Gasteiger partial charge on any atom is 0.230 e. The molecule has 2 heterocycles. The highest BCUT2D eigenvalue weighted by Crippen LogP contribution is 2.34. The summed E-state index contributed by atoms with van der Waals surface area (Å²) in [5.74, 6) is 0.134. The summed E-state index contributed by atoms with van der Waals surface area (Å²) in [5, 5.41) is 1.86. The third kappa shape index (κ3) is 2.40. The number of nitrogens with zero attached hydrogens (tertiary/aromatic N) is 2. The Hall–Kier alpha value is -1.91. The number of rotatable bonds is 2. The van der Waals surface area contributed by atoms with E-state index in [0.29, 0.717) is 11.1 Å². The molecule has 0 unspecified atom stereocenters. The number of hydrogen-bond acceptors (Lipinski definition) is 3. The van der Waals surface area contributed by atoms with Crippen LogP contribution in [0.4, 0.5) is 4.39 Å². The first-order chi connectivity index (χ1) is 9.65. The third-order valence-corrected chi connectivity index (χ3v) is 3.28. The van der Waals surface area contributed by atoms with Crippen LogP contribution in [0.1, 0.15) is 0 Å². The molecule has 100 valence electrons. The lowest BCUT2D eigenvalue weighted by Gasteiger charge is -2.09. The molecule has 0 radical (unpaired) electrons. The lowest BCUT2D eigenvalue weighted by molar-refractivity contribution is 0.467. The van der Waals surface area contributed by atoms with Gasteiger partial charge in [0.05, 0.1) is 10.4 Å². The first-order valence-electron chi connectivity index (χ1n) is 5.67. The smallest absolute Gasteiger partial charge is 0.230 e. The van der Waals surface area contributed by atoms with Gasteiger partial charge in [0.1, 0.15) is 16.7 Å². The first-order valence-corrected chi connectivity index (χ1v) is 6.43. The van der Waals surface area contributed by atoms with E-state index in [1.807, 2.05) is 0 Å². The molecule has 0 fully saturated rings. The molecule has 3 aromatic rings. The molecular formula is C14H7Cl2FN2O. The summed E-state index contributed by atoms with van der Waals surface area (Å²) in [6, 6.07) is 7.45. The van der Waals surface area contributed by atoms with Crippen molar-refractivity contribution in [1.82, 2.24) is 9.97 Å². The van der Waals surface area contributed by atoms with Gasteiger partial charge >= 0.3 is 0 Å². The van der Waals surface area contributed by atoms with Crippen LogP contribution in [0.15, 0.2) is 42.7 Å². The molecule has 0 aliphatic rings. The van der Waals surface area contributed by atoms with Gasteiger partial charge in [-0.15, -0.1) is 0 Å².